The number of morpholine rings is 1. The average Bonchev–Trinajstić information content (AvgIpc) is 2.81. The number of hydrogen-bond acceptors (Lipinski definition) is 6. The Labute approximate surface area is 182 Å². The Morgan fingerprint density at radius 3 is 2.13 bits per heavy atom. The van der Waals surface area contributed by atoms with E-state index in [4.69, 9.17) is 4.74 Å². The average molecular weight is 424 g/mol. The lowest BCUT2D eigenvalue weighted by molar-refractivity contribution is -0.132. The highest BCUT2D eigenvalue weighted by Gasteiger charge is 2.19. The number of amides is 2. The Morgan fingerprint density at radius 1 is 0.774 bits per heavy atom. The van der Waals surface area contributed by atoms with E-state index in [-0.39, 0.29) is 0 Å². The molecule has 2 saturated heterocycles. The first-order valence-electron chi connectivity index (χ1n) is 10.7. The second kappa shape index (κ2) is 9.80. The first kappa shape index (κ1) is 21.1. The number of carbonyl (C=O) groups excluding carboxylic acids is 2. The number of carbonyl (C=O) groups is 2. The number of para-hydroxylation sites is 2. The predicted octanol–water partition coefficient (Wildman–Crippen LogP) is 1.85. The van der Waals surface area contributed by atoms with E-state index in [0.717, 1.165) is 50.6 Å². The molecule has 2 aliphatic rings. The van der Waals surface area contributed by atoms with Crippen LogP contribution in [0.4, 0.5) is 22.7 Å². The van der Waals surface area contributed by atoms with E-state index in [1.54, 1.807) is 6.07 Å². The molecule has 2 amide bonds. The molecule has 31 heavy (non-hydrogen) atoms. The van der Waals surface area contributed by atoms with Crippen molar-refractivity contribution in [3.8, 4) is 0 Å². The van der Waals surface area contributed by atoms with Crippen LogP contribution >= 0.6 is 0 Å². The molecule has 2 heterocycles. The van der Waals surface area contributed by atoms with E-state index in [1.165, 1.54) is 0 Å². The van der Waals surface area contributed by atoms with Gasteiger partial charge in [0.05, 0.1) is 24.6 Å². The van der Waals surface area contributed by atoms with Crippen LogP contribution in [0.15, 0.2) is 48.5 Å². The number of nitrogens with one attached hydrogen (secondary N) is 2. The quantitative estimate of drug-likeness (QED) is 0.731. The third-order valence-electron chi connectivity index (χ3n) is 5.70. The van der Waals surface area contributed by atoms with Gasteiger partial charge < -0.3 is 30.1 Å². The number of hydrogen-bond donors (Lipinski definition) is 2. The Morgan fingerprint density at radius 2 is 1.42 bits per heavy atom. The minimum absolute atomic E-state index is 0.597. The SMILES string of the molecule is CN1CCN(c2ccc(NC(=O)C(=O)Nc3ccccc3N3CCOCC3)cc2)CC1. The summed E-state index contributed by atoms with van der Waals surface area (Å²) in [7, 11) is 2.13. The standard InChI is InChI=1S/C23H29N5O3/c1-26-10-12-27(13-11-26)19-8-6-18(7-9-19)24-22(29)23(30)25-20-4-2-3-5-21(20)28-14-16-31-17-15-28/h2-9H,10-17H2,1H3,(H,24,29)(H,25,30). The molecule has 0 atom stereocenters. The van der Waals surface area contributed by atoms with E-state index in [2.05, 4.69) is 32.4 Å². The summed E-state index contributed by atoms with van der Waals surface area (Å²) in [6.07, 6.45) is 0. The van der Waals surface area contributed by atoms with Crippen molar-refractivity contribution in [2.75, 3.05) is 80.0 Å². The molecule has 4 rings (SSSR count). The number of anilines is 4. The van der Waals surface area contributed by atoms with Gasteiger partial charge in [0.1, 0.15) is 0 Å². The minimum Gasteiger partial charge on any atom is -0.378 e. The lowest BCUT2D eigenvalue weighted by Gasteiger charge is -2.34. The Hall–Kier alpha value is -3.10. The summed E-state index contributed by atoms with van der Waals surface area (Å²) >= 11 is 0. The van der Waals surface area contributed by atoms with Crippen LogP contribution in [0.5, 0.6) is 0 Å². The van der Waals surface area contributed by atoms with Crippen LogP contribution in [-0.2, 0) is 14.3 Å². The van der Waals surface area contributed by atoms with Crippen molar-refractivity contribution < 1.29 is 14.3 Å². The van der Waals surface area contributed by atoms with Gasteiger partial charge in [-0.3, -0.25) is 9.59 Å². The second-order valence-corrected chi connectivity index (χ2v) is 7.86. The summed E-state index contributed by atoms with van der Waals surface area (Å²) in [4.78, 5) is 31.7. The molecule has 2 aromatic rings. The molecule has 0 aromatic heterocycles. The molecular weight excluding hydrogens is 394 g/mol. The van der Waals surface area contributed by atoms with E-state index in [0.29, 0.717) is 24.6 Å². The van der Waals surface area contributed by atoms with Crippen LogP contribution in [0.25, 0.3) is 0 Å². The molecule has 2 aliphatic heterocycles. The first-order valence-corrected chi connectivity index (χ1v) is 10.7. The van der Waals surface area contributed by atoms with Crippen molar-refractivity contribution in [2.45, 2.75) is 0 Å². The molecule has 2 aromatic carbocycles. The third kappa shape index (κ3) is 5.34. The summed E-state index contributed by atoms with van der Waals surface area (Å²) < 4.78 is 5.40. The van der Waals surface area contributed by atoms with Gasteiger partial charge in [-0.1, -0.05) is 12.1 Å². The molecule has 164 valence electrons. The van der Waals surface area contributed by atoms with Gasteiger partial charge >= 0.3 is 11.8 Å². The highest BCUT2D eigenvalue weighted by molar-refractivity contribution is 6.43. The molecule has 0 radical (unpaired) electrons. The maximum atomic E-state index is 12.5. The Balaban J connectivity index is 1.35. The van der Waals surface area contributed by atoms with Crippen molar-refractivity contribution in [2.24, 2.45) is 0 Å². The summed E-state index contributed by atoms with van der Waals surface area (Å²) in [5, 5.41) is 5.44. The smallest absolute Gasteiger partial charge is 0.314 e. The number of ether oxygens (including phenoxy) is 1. The molecule has 2 N–H and O–H groups in total. The fourth-order valence-electron chi connectivity index (χ4n) is 3.85. The summed E-state index contributed by atoms with van der Waals surface area (Å²) in [6, 6.07) is 15.1. The van der Waals surface area contributed by atoms with E-state index in [9.17, 15) is 9.59 Å². The van der Waals surface area contributed by atoms with Crippen molar-refractivity contribution >= 4 is 34.6 Å². The highest BCUT2D eigenvalue weighted by atomic mass is 16.5. The molecular formula is C23H29N5O3. The van der Waals surface area contributed by atoms with Gasteiger partial charge in [-0.25, -0.2) is 0 Å². The minimum atomic E-state index is -0.691. The van der Waals surface area contributed by atoms with Gasteiger partial charge in [-0.15, -0.1) is 0 Å². The Bertz CT molecular complexity index is 904. The predicted molar refractivity (Wildman–Crippen MR) is 123 cm³/mol. The van der Waals surface area contributed by atoms with Crippen LogP contribution in [0.3, 0.4) is 0 Å². The van der Waals surface area contributed by atoms with Crippen LogP contribution in [0.1, 0.15) is 0 Å². The van der Waals surface area contributed by atoms with Crippen molar-refractivity contribution in [1.29, 1.82) is 0 Å². The normalized spacial score (nSPS) is 17.3. The topological polar surface area (TPSA) is 77.1 Å². The van der Waals surface area contributed by atoms with Gasteiger partial charge in [0.2, 0.25) is 0 Å². The lowest BCUT2D eigenvalue weighted by atomic mass is 10.2. The zero-order valence-electron chi connectivity index (χ0n) is 17.8. The molecule has 0 spiro atoms. The monoisotopic (exact) mass is 423 g/mol. The van der Waals surface area contributed by atoms with E-state index in [1.807, 2.05) is 42.5 Å². The van der Waals surface area contributed by atoms with Crippen molar-refractivity contribution in [3.63, 3.8) is 0 Å². The molecule has 0 aliphatic carbocycles. The summed E-state index contributed by atoms with van der Waals surface area (Å²) in [5.74, 6) is -1.38. The number of benzene rings is 2. The number of likely N-dealkylation sites (N-methyl/N-ethyl adjacent to an activating group) is 1. The maximum Gasteiger partial charge on any atom is 0.314 e. The summed E-state index contributed by atoms with van der Waals surface area (Å²) in [5.41, 5.74) is 3.23. The number of rotatable bonds is 4. The van der Waals surface area contributed by atoms with Gasteiger partial charge in [0.15, 0.2) is 0 Å². The van der Waals surface area contributed by atoms with Crippen molar-refractivity contribution in [1.82, 2.24) is 4.90 Å². The third-order valence-corrected chi connectivity index (χ3v) is 5.70. The second-order valence-electron chi connectivity index (χ2n) is 7.86. The summed E-state index contributed by atoms with van der Waals surface area (Å²) in [6.45, 7) is 6.81. The van der Waals surface area contributed by atoms with Crippen LogP contribution < -0.4 is 20.4 Å². The molecule has 8 nitrogen and oxygen atoms in total. The Kier molecular flexibility index (Phi) is 6.69. The van der Waals surface area contributed by atoms with Crippen molar-refractivity contribution in [3.05, 3.63) is 48.5 Å². The highest BCUT2D eigenvalue weighted by Crippen LogP contribution is 2.26. The molecule has 0 saturated carbocycles. The van der Waals surface area contributed by atoms with Gasteiger partial charge in [-0.05, 0) is 43.4 Å². The van der Waals surface area contributed by atoms with Gasteiger partial charge in [-0.2, -0.15) is 0 Å². The molecule has 8 heteroatoms. The fraction of sp³-hybridized carbons (Fsp3) is 0.391. The molecule has 0 bridgehead atoms. The first-order chi connectivity index (χ1) is 15.1. The van der Waals surface area contributed by atoms with Crippen LogP contribution in [0.2, 0.25) is 0 Å². The zero-order valence-corrected chi connectivity index (χ0v) is 17.8. The van der Waals surface area contributed by atoms with Gasteiger partial charge in [0, 0.05) is 50.6 Å². The lowest BCUT2D eigenvalue weighted by Crippen LogP contribution is -2.44. The molecule has 2 fully saturated rings. The molecule has 0 unspecified atom stereocenters. The zero-order chi connectivity index (χ0) is 21.6. The maximum absolute atomic E-state index is 12.5. The van der Waals surface area contributed by atoms with Gasteiger partial charge in [0.25, 0.3) is 0 Å². The van der Waals surface area contributed by atoms with Crippen LogP contribution in [0, 0.1) is 0 Å². The largest absolute Gasteiger partial charge is 0.378 e. The van der Waals surface area contributed by atoms with E-state index < -0.39 is 11.8 Å². The fourth-order valence-corrected chi connectivity index (χ4v) is 3.85. The number of nitrogens with zero attached hydrogens (tertiary/aromatic N) is 3. The number of piperazine rings is 1. The van der Waals surface area contributed by atoms with Crippen LogP contribution in [-0.4, -0.2) is 76.2 Å². The van der Waals surface area contributed by atoms with E-state index >= 15 is 0 Å².